The molecule has 0 aliphatic carbocycles. The van der Waals surface area contributed by atoms with Gasteiger partial charge < -0.3 is 16.4 Å². The quantitative estimate of drug-likeness (QED) is 0.356. The van der Waals surface area contributed by atoms with Crippen molar-refractivity contribution in [3.63, 3.8) is 0 Å². The molecule has 134 valence electrons. The average Bonchev–Trinajstić information content (AvgIpc) is 2.57. The highest BCUT2D eigenvalue weighted by atomic mass is 127. The van der Waals surface area contributed by atoms with Crippen LogP contribution in [0.25, 0.3) is 0 Å². The zero-order chi connectivity index (χ0) is 17.4. The molecule has 5 nitrogen and oxygen atoms in total. The second-order valence-electron chi connectivity index (χ2n) is 5.24. The van der Waals surface area contributed by atoms with E-state index in [1.807, 2.05) is 19.1 Å². The highest BCUT2D eigenvalue weighted by Gasteiger charge is 2.03. The molecule has 2 aromatic rings. The number of nitrogens with zero attached hydrogens (tertiary/aromatic N) is 1. The lowest BCUT2D eigenvalue weighted by Gasteiger charge is -2.12. The molecule has 7 heteroatoms. The van der Waals surface area contributed by atoms with E-state index in [1.165, 1.54) is 12.1 Å². The number of hydrogen-bond donors (Lipinski definition) is 3. The Morgan fingerprint density at radius 3 is 2.52 bits per heavy atom. The Balaban J connectivity index is 0.00000312. The van der Waals surface area contributed by atoms with Crippen molar-refractivity contribution in [2.75, 3.05) is 6.54 Å². The van der Waals surface area contributed by atoms with Crippen LogP contribution in [-0.4, -0.2) is 18.4 Å². The van der Waals surface area contributed by atoms with Gasteiger partial charge in [-0.1, -0.05) is 24.3 Å². The summed E-state index contributed by atoms with van der Waals surface area (Å²) in [4.78, 5) is 15.6. The lowest BCUT2D eigenvalue weighted by atomic mass is 10.1. The monoisotopic (exact) mass is 456 g/mol. The number of rotatable bonds is 6. The molecule has 2 rings (SSSR count). The number of carbonyl (C=O) groups excluding carboxylic acids is 1. The summed E-state index contributed by atoms with van der Waals surface area (Å²) in [5, 5.41) is 6.31. The molecular formula is C18H22FIN4O. The van der Waals surface area contributed by atoms with Crippen LogP contribution in [0.1, 0.15) is 28.4 Å². The zero-order valence-corrected chi connectivity index (χ0v) is 16.3. The van der Waals surface area contributed by atoms with Gasteiger partial charge in [0.25, 0.3) is 0 Å². The molecule has 0 saturated heterocycles. The third-order valence-electron chi connectivity index (χ3n) is 3.32. The van der Waals surface area contributed by atoms with Gasteiger partial charge in [-0.25, -0.2) is 9.38 Å². The Morgan fingerprint density at radius 2 is 1.84 bits per heavy atom. The van der Waals surface area contributed by atoms with Crippen molar-refractivity contribution >= 4 is 35.8 Å². The maximum absolute atomic E-state index is 13.2. The minimum atomic E-state index is -0.455. The number of carbonyl (C=O) groups is 1. The normalized spacial score (nSPS) is 10.7. The van der Waals surface area contributed by atoms with Gasteiger partial charge in [-0.2, -0.15) is 0 Å². The fourth-order valence-electron chi connectivity index (χ4n) is 2.17. The van der Waals surface area contributed by atoms with Gasteiger partial charge in [0.2, 0.25) is 5.91 Å². The molecule has 0 bridgehead atoms. The van der Waals surface area contributed by atoms with Gasteiger partial charge in [0.1, 0.15) is 5.82 Å². The number of benzene rings is 2. The summed E-state index contributed by atoms with van der Waals surface area (Å²) < 4.78 is 13.2. The molecule has 0 spiro atoms. The summed E-state index contributed by atoms with van der Waals surface area (Å²) in [5.41, 5.74) is 7.47. The smallest absolute Gasteiger partial charge is 0.248 e. The van der Waals surface area contributed by atoms with Crippen LogP contribution in [0.3, 0.4) is 0 Å². The van der Waals surface area contributed by atoms with Crippen LogP contribution in [-0.2, 0) is 13.1 Å². The zero-order valence-electron chi connectivity index (χ0n) is 14.0. The van der Waals surface area contributed by atoms with Gasteiger partial charge in [0, 0.05) is 18.7 Å². The number of halogens is 2. The van der Waals surface area contributed by atoms with E-state index in [0.717, 1.165) is 11.1 Å². The predicted molar refractivity (Wildman–Crippen MR) is 108 cm³/mol. The molecule has 1 amide bonds. The molecule has 0 unspecified atom stereocenters. The number of primary amides is 1. The number of nitrogens with two attached hydrogens (primary N) is 1. The molecule has 4 N–H and O–H groups in total. The lowest BCUT2D eigenvalue weighted by Crippen LogP contribution is -2.36. The minimum Gasteiger partial charge on any atom is -0.366 e. The van der Waals surface area contributed by atoms with E-state index in [4.69, 9.17) is 5.73 Å². The third-order valence-corrected chi connectivity index (χ3v) is 3.32. The van der Waals surface area contributed by atoms with Crippen LogP contribution in [0, 0.1) is 5.82 Å². The summed E-state index contributed by atoms with van der Waals surface area (Å²) in [6.45, 7) is 3.54. The first-order valence-electron chi connectivity index (χ1n) is 7.74. The van der Waals surface area contributed by atoms with Crippen LogP contribution in [0.15, 0.2) is 53.5 Å². The largest absolute Gasteiger partial charge is 0.366 e. The molecule has 2 aromatic carbocycles. The van der Waals surface area contributed by atoms with Crippen molar-refractivity contribution in [1.29, 1.82) is 0 Å². The first-order valence-corrected chi connectivity index (χ1v) is 7.74. The van der Waals surface area contributed by atoms with Gasteiger partial charge in [-0.05, 0) is 42.3 Å². The van der Waals surface area contributed by atoms with Crippen LogP contribution in [0.4, 0.5) is 4.39 Å². The van der Waals surface area contributed by atoms with E-state index < -0.39 is 5.91 Å². The molecule has 0 aliphatic rings. The summed E-state index contributed by atoms with van der Waals surface area (Å²) >= 11 is 0. The van der Waals surface area contributed by atoms with Crippen molar-refractivity contribution in [1.82, 2.24) is 10.6 Å². The predicted octanol–water partition coefficient (Wildman–Crippen LogP) is 2.80. The van der Waals surface area contributed by atoms with Gasteiger partial charge in [-0.3, -0.25) is 4.79 Å². The Bertz CT molecular complexity index is 737. The summed E-state index contributed by atoms with van der Waals surface area (Å²) in [5.74, 6) is -0.112. The molecule has 0 radical (unpaired) electrons. The fourth-order valence-corrected chi connectivity index (χ4v) is 2.17. The van der Waals surface area contributed by atoms with E-state index in [1.54, 1.807) is 24.3 Å². The van der Waals surface area contributed by atoms with E-state index in [0.29, 0.717) is 31.2 Å². The molecule has 0 saturated carbocycles. The third kappa shape index (κ3) is 7.08. The fraction of sp³-hybridized carbons (Fsp3) is 0.222. The Labute approximate surface area is 163 Å². The molecular weight excluding hydrogens is 434 g/mol. The average molecular weight is 456 g/mol. The maximum atomic E-state index is 13.2. The number of guanidine groups is 1. The topological polar surface area (TPSA) is 79.5 Å². The number of hydrogen-bond acceptors (Lipinski definition) is 2. The van der Waals surface area contributed by atoms with Crippen molar-refractivity contribution in [3.05, 3.63) is 71.0 Å². The minimum absolute atomic E-state index is 0. The summed E-state index contributed by atoms with van der Waals surface area (Å²) in [6.07, 6.45) is 0. The highest BCUT2D eigenvalue weighted by Crippen LogP contribution is 2.06. The summed E-state index contributed by atoms with van der Waals surface area (Å²) in [7, 11) is 0. The second kappa shape index (κ2) is 10.7. The van der Waals surface area contributed by atoms with E-state index in [-0.39, 0.29) is 29.8 Å². The van der Waals surface area contributed by atoms with Crippen LogP contribution >= 0.6 is 24.0 Å². The van der Waals surface area contributed by atoms with Crippen molar-refractivity contribution in [2.24, 2.45) is 10.7 Å². The van der Waals surface area contributed by atoms with Gasteiger partial charge in [0.15, 0.2) is 5.96 Å². The van der Waals surface area contributed by atoms with E-state index in [9.17, 15) is 9.18 Å². The molecule has 0 aliphatic heterocycles. The molecule has 0 atom stereocenters. The SMILES string of the molecule is CCNC(=NCc1cccc(F)c1)NCc1cccc(C(N)=O)c1.I. The van der Waals surface area contributed by atoms with Crippen molar-refractivity contribution in [2.45, 2.75) is 20.0 Å². The van der Waals surface area contributed by atoms with Crippen LogP contribution in [0.2, 0.25) is 0 Å². The van der Waals surface area contributed by atoms with Crippen LogP contribution in [0.5, 0.6) is 0 Å². The molecule has 25 heavy (non-hydrogen) atoms. The number of nitrogens with one attached hydrogen (secondary N) is 2. The molecule has 0 fully saturated rings. The Hall–Kier alpha value is -2.16. The number of amides is 1. The second-order valence-corrected chi connectivity index (χ2v) is 5.24. The summed E-state index contributed by atoms with van der Waals surface area (Å²) in [6, 6.07) is 13.5. The molecule has 0 heterocycles. The Kier molecular flexibility index (Phi) is 8.90. The Morgan fingerprint density at radius 1 is 1.12 bits per heavy atom. The maximum Gasteiger partial charge on any atom is 0.248 e. The van der Waals surface area contributed by atoms with Gasteiger partial charge in [0.05, 0.1) is 6.54 Å². The van der Waals surface area contributed by atoms with Gasteiger partial charge >= 0.3 is 0 Å². The van der Waals surface area contributed by atoms with Crippen LogP contribution < -0.4 is 16.4 Å². The lowest BCUT2D eigenvalue weighted by molar-refractivity contribution is 0.1000. The highest BCUT2D eigenvalue weighted by molar-refractivity contribution is 14.0. The van der Waals surface area contributed by atoms with Gasteiger partial charge in [-0.15, -0.1) is 24.0 Å². The first-order chi connectivity index (χ1) is 11.6. The first kappa shape index (κ1) is 20.9. The number of aliphatic imine (C=N–C) groups is 1. The van der Waals surface area contributed by atoms with E-state index >= 15 is 0 Å². The van der Waals surface area contributed by atoms with E-state index in [2.05, 4.69) is 15.6 Å². The van der Waals surface area contributed by atoms with Crippen molar-refractivity contribution < 1.29 is 9.18 Å². The van der Waals surface area contributed by atoms with Crippen molar-refractivity contribution in [3.8, 4) is 0 Å². The molecule has 0 aromatic heterocycles. The standard InChI is InChI=1S/C18H21FN4O.HI/c1-2-21-18(23-12-14-6-4-8-16(19)10-14)22-11-13-5-3-7-15(9-13)17(20)24;/h3-10H,2,11-12H2,1H3,(H2,20,24)(H2,21,22,23);1H.